The summed E-state index contributed by atoms with van der Waals surface area (Å²) in [6.07, 6.45) is 1.55. The van der Waals surface area contributed by atoms with Gasteiger partial charge in [-0.15, -0.1) is 0 Å². The summed E-state index contributed by atoms with van der Waals surface area (Å²) in [7, 11) is 0. The van der Waals surface area contributed by atoms with Crippen LogP contribution in [0.2, 0.25) is 0 Å². The molecule has 6 nitrogen and oxygen atoms in total. The Balaban J connectivity index is 1.95. The fraction of sp³-hybridized carbons (Fsp3) is 0. The molecule has 2 aromatic heterocycles. The summed E-state index contributed by atoms with van der Waals surface area (Å²) >= 11 is 0. The minimum absolute atomic E-state index is 0.223. The van der Waals surface area contributed by atoms with Crippen molar-refractivity contribution >= 4 is 0 Å². The van der Waals surface area contributed by atoms with Crippen molar-refractivity contribution in [3.63, 3.8) is 0 Å². The molecule has 0 spiro atoms. The van der Waals surface area contributed by atoms with Crippen LogP contribution in [-0.4, -0.2) is 24.7 Å². The molecule has 0 saturated heterocycles. The Bertz CT molecular complexity index is 964. The van der Waals surface area contributed by atoms with Crippen LogP contribution in [0.1, 0.15) is 0 Å². The van der Waals surface area contributed by atoms with Crippen molar-refractivity contribution in [2.75, 3.05) is 0 Å². The van der Waals surface area contributed by atoms with Gasteiger partial charge in [0.2, 0.25) is 0 Å². The molecular weight excluding hydrogens is 302 g/mol. The Morgan fingerprint density at radius 3 is 1.71 bits per heavy atom. The van der Waals surface area contributed by atoms with Crippen molar-refractivity contribution in [3.05, 3.63) is 83.3 Å². The zero-order chi connectivity index (χ0) is 16.4. The van der Waals surface area contributed by atoms with Crippen LogP contribution < -0.4 is 5.56 Å². The lowest BCUT2D eigenvalue weighted by atomic mass is 10.2. The molecule has 0 atom stereocenters. The lowest BCUT2D eigenvalue weighted by Gasteiger charge is -2.07. The summed E-state index contributed by atoms with van der Waals surface area (Å²) in [4.78, 5) is 25.4. The van der Waals surface area contributed by atoms with Gasteiger partial charge in [0.25, 0.3) is 11.5 Å². The quantitative estimate of drug-likeness (QED) is 0.630. The lowest BCUT2D eigenvalue weighted by molar-refractivity contribution is 0.777. The minimum Gasteiger partial charge on any atom is -0.296 e. The van der Waals surface area contributed by atoms with Crippen molar-refractivity contribution in [1.29, 1.82) is 0 Å². The molecular formula is C18H13N5O. The highest BCUT2D eigenvalue weighted by Gasteiger charge is 2.12. The third kappa shape index (κ3) is 2.61. The van der Waals surface area contributed by atoms with Gasteiger partial charge in [-0.3, -0.25) is 9.89 Å². The third-order valence-electron chi connectivity index (χ3n) is 3.54. The second kappa shape index (κ2) is 5.92. The number of benzene rings is 2. The Kier molecular flexibility index (Phi) is 3.47. The SMILES string of the molecule is O=c1cc[nH]n1-c1nc(-c2ccccc2)nc(-c2ccccc2)n1. The maximum atomic E-state index is 11.9. The van der Waals surface area contributed by atoms with E-state index in [9.17, 15) is 4.79 Å². The summed E-state index contributed by atoms with van der Waals surface area (Å²) in [5.41, 5.74) is 1.50. The molecule has 1 N–H and O–H groups in total. The molecule has 6 heteroatoms. The number of aromatic nitrogens is 5. The van der Waals surface area contributed by atoms with E-state index in [1.807, 2.05) is 60.7 Å². The molecule has 0 aliphatic rings. The highest BCUT2D eigenvalue weighted by molar-refractivity contribution is 5.61. The third-order valence-corrected chi connectivity index (χ3v) is 3.54. The van der Waals surface area contributed by atoms with Gasteiger partial charge in [0.15, 0.2) is 11.6 Å². The fourth-order valence-electron chi connectivity index (χ4n) is 2.37. The largest absolute Gasteiger partial charge is 0.296 e. The van der Waals surface area contributed by atoms with Crippen LogP contribution >= 0.6 is 0 Å². The standard InChI is InChI=1S/C18H13N5O/c24-15-11-12-19-23(15)18-21-16(13-7-3-1-4-8-13)20-17(22-18)14-9-5-2-6-10-14/h1-12,19H. The van der Waals surface area contributed by atoms with E-state index in [2.05, 4.69) is 20.1 Å². The Morgan fingerprint density at radius 2 is 1.25 bits per heavy atom. The second-order valence-corrected chi connectivity index (χ2v) is 5.15. The minimum atomic E-state index is -0.223. The van der Waals surface area contributed by atoms with E-state index >= 15 is 0 Å². The Labute approximate surface area is 137 Å². The van der Waals surface area contributed by atoms with Crippen LogP contribution in [0.15, 0.2) is 77.7 Å². The van der Waals surface area contributed by atoms with Gasteiger partial charge in [0.05, 0.1) is 0 Å². The fourth-order valence-corrected chi connectivity index (χ4v) is 2.37. The number of hydrogen-bond donors (Lipinski definition) is 1. The summed E-state index contributed by atoms with van der Waals surface area (Å²) in [6.45, 7) is 0. The predicted molar refractivity (Wildman–Crippen MR) is 90.6 cm³/mol. The first-order valence-corrected chi connectivity index (χ1v) is 7.45. The van der Waals surface area contributed by atoms with E-state index in [4.69, 9.17) is 0 Å². The second-order valence-electron chi connectivity index (χ2n) is 5.15. The normalized spacial score (nSPS) is 10.7. The van der Waals surface area contributed by atoms with Crippen LogP contribution in [0.3, 0.4) is 0 Å². The van der Waals surface area contributed by atoms with Gasteiger partial charge in [-0.2, -0.15) is 14.6 Å². The van der Waals surface area contributed by atoms with Crippen molar-refractivity contribution < 1.29 is 0 Å². The summed E-state index contributed by atoms with van der Waals surface area (Å²) in [6, 6.07) is 20.6. The maximum Gasteiger partial charge on any atom is 0.273 e. The molecule has 4 aromatic rings. The van der Waals surface area contributed by atoms with Crippen LogP contribution in [0.5, 0.6) is 0 Å². The Morgan fingerprint density at radius 1 is 0.708 bits per heavy atom. The maximum absolute atomic E-state index is 11.9. The molecule has 0 radical (unpaired) electrons. The molecule has 0 aliphatic carbocycles. The zero-order valence-corrected chi connectivity index (χ0v) is 12.6. The van der Waals surface area contributed by atoms with Crippen LogP contribution in [-0.2, 0) is 0 Å². The number of aromatic amines is 1. The van der Waals surface area contributed by atoms with Crippen molar-refractivity contribution in [1.82, 2.24) is 24.7 Å². The number of hydrogen-bond acceptors (Lipinski definition) is 4. The smallest absolute Gasteiger partial charge is 0.273 e. The van der Waals surface area contributed by atoms with E-state index in [0.717, 1.165) is 11.1 Å². The first-order valence-electron chi connectivity index (χ1n) is 7.45. The molecule has 116 valence electrons. The van der Waals surface area contributed by atoms with Gasteiger partial charge in [-0.1, -0.05) is 60.7 Å². The molecule has 2 aromatic carbocycles. The van der Waals surface area contributed by atoms with Gasteiger partial charge in [-0.05, 0) is 0 Å². The highest BCUT2D eigenvalue weighted by atomic mass is 16.1. The lowest BCUT2D eigenvalue weighted by Crippen LogP contribution is -2.17. The van der Waals surface area contributed by atoms with Gasteiger partial charge in [0, 0.05) is 23.4 Å². The average Bonchev–Trinajstić information content (AvgIpc) is 3.09. The molecule has 0 aliphatic heterocycles. The molecule has 0 saturated carbocycles. The van der Waals surface area contributed by atoms with Crippen molar-refractivity contribution in [2.45, 2.75) is 0 Å². The summed E-state index contributed by atoms with van der Waals surface area (Å²) in [5, 5.41) is 2.83. The number of nitrogens with one attached hydrogen (secondary N) is 1. The molecule has 0 fully saturated rings. The predicted octanol–water partition coefficient (Wildman–Crippen LogP) is 2.68. The van der Waals surface area contributed by atoms with Crippen LogP contribution in [0, 0.1) is 0 Å². The van der Waals surface area contributed by atoms with E-state index in [1.54, 1.807) is 6.20 Å². The molecule has 0 unspecified atom stereocenters. The van der Waals surface area contributed by atoms with E-state index in [-0.39, 0.29) is 11.5 Å². The van der Waals surface area contributed by atoms with Crippen LogP contribution in [0.4, 0.5) is 0 Å². The molecule has 0 amide bonds. The van der Waals surface area contributed by atoms with Crippen molar-refractivity contribution in [2.24, 2.45) is 0 Å². The number of nitrogens with zero attached hydrogens (tertiary/aromatic N) is 4. The highest BCUT2D eigenvalue weighted by Crippen LogP contribution is 2.20. The van der Waals surface area contributed by atoms with Gasteiger partial charge in [-0.25, -0.2) is 4.98 Å². The molecule has 2 heterocycles. The van der Waals surface area contributed by atoms with Gasteiger partial charge < -0.3 is 0 Å². The van der Waals surface area contributed by atoms with Gasteiger partial charge >= 0.3 is 0 Å². The number of rotatable bonds is 3. The summed E-state index contributed by atoms with van der Waals surface area (Å²) in [5.74, 6) is 1.29. The van der Waals surface area contributed by atoms with E-state index in [0.29, 0.717) is 11.6 Å². The average molecular weight is 315 g/mol. The van der Waals surface area contributed by atoms with E-state index < -0.39 is 0 Å². The molecule has 24 heavy (non-hydrogen) atoms. The van der Waals surface area contributed by atoms with E-state index in [1.165, 1.54) is 10.7 Å². The van der Waals surface area contributed by atoms with Gasteiger partial charge in [0.1, 0.15) is 0 Å². The Hall–Kier alpha value is -3.54. The topological polar surface area (TPSA) is 76.5 Å². The summed E-state index contributed by atoms with van der Waals surface area (Å²) < 4.78 is 1.29. The first-order chi connectivity index (χ1) is 11.8. The monoisotopic (exact) mass is 315 g/mol. The van der Waals surface area contributed by atoms with Crippen LogP contribution in [0.25, 0.3) is 28.7 Å². The molecule has 4 rings (SSSR count). The number of H-pyrrole nitrogens is 1. The first kappa shape index (κ1) is 14.1. The zero-order valence-electron chi connectivity index (χ0n) is 12.6. The van der Waals surface area contributed by atoms with Crippen molar-refractivity contribution in [3.8, 4) is 28.7 Å². The molecule has 0 bridgehead atoms.